The Balaban J connectivity index is 1.81. The molecule has 0 heterocycles. The first kappa shape index (κ1) is 21.4. The highest BCUT2D eigenvalue weighted by molar-refractivity contribution is 7.55. The smallest absolute Gasteiger partial charge is 0.322 e. The van der Waals surface area contributed by atoms with Crippen LogP contribution < -0.4 is 5.73 Å². The van der Waals surface area contributed by atoms with Crippen molar-refractivity contribution in [2.24, 2.45) is 5.73 Å². The Morgan fingerprint density at radius 1 is 1.15 bits per heavy atom. The zero-order chi connectivity index (χ0) is 19.0. The van der Waals surface area contributed by atoms with Gasteiger partial charge < -0.3 is 15.5 Å². The Morgan fingerprint density at radius 2 is 1.81 bits per heavy atom. The van der Waals surface area contributed by atoms with Crippen molar-refractivity contribution in [1.82, 2.24) is 0 Å². The van der Waals surface area contributed by atoms with Crippen molar-refractivity contribution in [3.63, 3.8) is 0 Å². The molecule has 1 aromatic carbocycles. The van der Waals surface area contributed by atoms with Gasteiger partial charge in [-0.05, 0) is 49.1 Å². The van der Waals surface area contributed by atoms with Gasteiger partial charge in [0.05, 0.1) is 0 Å². The molecule has 0 radical (unpaired) electrons. The summed E-state index contributed by atoms with van der Waals surface area (Å²) in [5, 5.41) is 0. The van der Waals surface area contributed by atoms with E-state index >= 15 is 0 Å². The quantitative estimate of drug-likeness (QED) is 0.383. The zero-order valence-corrected chi connectivity index (χ0v) is 16.8. The number of benzene rings is 1. The van der Waals surface area contributed by atoms with E-state index in [9.17, 15) is 4.57 Å². The average molecular weight is 379 g/mol. The van der Waals surface area contributed by atoms with Crippen LogP contribution >= 0.6 is 7.60 Å². The van der Waals surface area contributed by atoms with Gasteiger partial charge in [-0.2, -0.15) is 0 Å². The van der Waals surface area contributed by atoms with E-state index in [1.807, 2.05) is 0 Å². The fourth-order valence-electron chi connectivity index (χ4n) is 3.85. The average Bonchev–Trinajstić information content (AvgIpc) is 2.99. The molecule has 26 heavy (non-hydrogen) atoms. The third kappa shape index (κ3) is 7.36. The summed E-state index contributed by atoms with van der Waals surface area (Å²) in [6.07, 6.45) is 13.0. The molecular formula is C21H34NO3P. The van der Waals surface area contributed by atoms with Crippen LogP contribution in [0.4, 0.5) is 0 Å². The van der Waals surface area contributed by atoms with Crippen molar-refractivity contribution in [3.8, 4) is 0 Å². The number of aryl methyl sites for hydroxylation is 1. The summed E-state index contributed by atoms with van der Waals surface area (Å²) in [5.41, 5.74) is 8.38. The fraction of sp³-hybridized carbons (Fsp3) is 0.619. The Hall–Kier alpha value is -0.930. The summed E-state index contributed by atoms with van der Waals surface area (Å²) in [5.74, 6) is 1.32. The van der Waals surface area contributed by atoms with Gasteiger partial charge in [0.1, 0.15) is 0 Å². The molecule has 0 bridgehead atoms. The lowest BCUT2D eigenvalue weighted by Crippen LogP contribution is -2.34. The van der Waals surface area contributed by atoms with Crippen LogP contribution in [-0.4, -0.2) is 15.3 Å². The third-order valence-corrected chi connectivity index (χ3v) is 5.99. The van der Waals surface area contributed by atoms with Crippen molar-refractivity contribution < 1.29 is 14.4 Å². The summed E-state index contributed by atoms with van der Waals surface area (Å²) in [6.45, 7) is 2.24. The lowest BCUT2D eigenvalue weighted by Gasteiger charge is -2.20. The highest BCUT2D eigenvalue weighted by Gasteiger charge is 2.34. The van der Waals surface area contributed by atoms with E-state index in [0.717, 1.165) is 31.5 Å². The number of hydrogen-bond donors (Lipinski definition) is 3. The summed E-state index contributed by atoms with van der Waals surface area (Å²) in [4.78, 5) is 18.0. The van der Waals surface area contributed by atoms with Gasteiger partial charge in [-0.25, -0.2) is 0 Å². The van der Waals surface area contributed by atoms with Crippen LogP contribution in [0.3, 0.4) is 0 Å². The van der Waals surface area contributed by atoms with Gasteiger partial charge in [-0.15, -0.1) is 0 Å². The summed E-state index contributed by atoms with van der Waals surface area (Å²) >= 11 is 0. The number of rotatable bonds is 10. The Kier molecular flexibility index (Phi) is 8.09. The summed E-state index contributed by atoms with van der Waals surface area (Å²) < 4.78 is 11.0. The molecule has 0 amide bonds. The molecule has 1 aliphatic rings. The highest BCUT2D eigenvalue weighted by atomic mass is 31.2. The second-order valence-electron chi connectivity index (χ2n) is 7.84. The van der Waals surface area contributed by atoms with Gasteiger partial charge in [-0.1, -0.05) is 69.4 Å². The Morgan fingerprint density at radius 3 is 2.46 bits per heavy atom. The number of unbranched alkanes of at least 4 members (excludes halogenated alkanes) is 5. The molecular weight excluding hydrogens is 345 g/mol. The van der Waals surface area contributed by atoms with E-state index in [1.165, 1.54) is 55.7 Å². The van der Waals surface area contributed by atoms with Crippen molar-refractivity contribution in [1.29, 1.82) is 0 Å². The molecule has 0 spiro atoms. The van der Waals surface area contributed by atoms with Gasteiger partial charge in [0.2, 0.25) is 0 Å². The first-order valence-corrected chi connectivity index (χ1v) is 11.6. The van der Waals surface area contributed by atoms with Gasteiger partial charge in [0.25, 0.3) is 0 Å². The number of nitrogens with two attached hydrogens (primary N) is 1. The standard InChI is InChI=1S/C21H34NO3P/c1-2-3-4-5-6-7-8-18-9-11-19(12-10-18)20-13-14-21(22,17-20)15-16-26(23,24)25/h9-12,15-16,20H,2-8,13-14,17,22H2,1H3,(H2,23,24,25)/t20-,21-/m0/s1. The molecule has 1 aromatic rings. The molecule has 0 aliphatic heterocycles. The van der Waals surface area contributed by atoms with E-state index in [0.29, 0.717) is 5.92 Å². The van der Waals surface area contributed by atoms with E-state index in [4.69, 9.17) is 15.5 Å². The van der Waals surface area contributed by atoms with Crippen LogP contribution in [0, 0.1) is 0 Å². The second-order valence-corrected chi connectivity index (χ2v) is 9.31. The summed E-state index contributed by atoms with van der Waals surface area (Å²) in [7, 11) is -4.14. The Bertz CT molecular complexity index is 623. The first-order valence-electron chi connectivity index (χ1n) is 9.95. The van der Waals surface area contributed by atoms with Crippen LogP contribution in [0.25, 0.3) is 0 Å². The van der Waals surface area contributed by atoms with Crippen LogP contribution in [-0.2, 0) is 11.0 Å². The van der Waals surface area contributed by atoms with Crippen LogP contribution in [0.1, 0.15) is 81.8 Å². The predicted octanol–water partition coefficient (Wildman–Crippen LogP) is 5.25. The molecule has 4 N–H and O–H groups in total. The van der Waals surface area contributed by atoms with Gasteiger partial charge in [-0.3, -0.25) is 4.57 Å². The molecule has 5 heteroatoms. The van der Waals surface area contributed by atoms with Gasteiger partial charge in [0.15, 0.2) is 0 Å². The molecule has 2 rings (SSSR count). The van der Waals surface area contributed by atoms with Crippen LogP contribution in [0.2, 0.25) is 0 Å². The van der Waals surface area contributed by atoms with Crippen molar-refractivity contribution in [3.05, 3.63) is 47.3 Å². The molecule has 2 atom stereocenters. The maximum Gasteiger partial charge on any atom is 0.348 e. The lowest BCUT2D eigenvalue weighted by molar-refractivity contribution is 0.385. The molecule has 146 valence electrons. The SMILES string of the molecule is CCCCCCCCc1ccc([C@H]2CC[C@](N)(C=CP(=O)(O)O)C2)cc1. The highest BCUT2D eigenvalue weighted by Crippen LogP contribution is 2.43. The third-order valence-electron chi connectivity index (χ3n) is 5.46. The molecule has 1 aliphatic carbocycles. The van der Waals surface area contributed by atoms with Crippen molar-refractivity contribution in [2.45, 2.75) is 82.6 Å². The molecule has 4 nitrogen and oxygen atoms in total. The van der Waals surface area contributed by atoms with E-state index < -0.39 is 13.1 Å². The van der Waals surface area contributed by atoms with E-state index in [-0.39, 0.29) is 0 Å². The monoisotopic (exact) mass is 379 g/mol. The van der Waals surface area contributed by atoms with Crippen LogP contribution in [0.15, 0.2) is 36.2 Å². The Labute approximate surface area is 158 Å². The van der Waals surface area contributed by atoms with Gasteiger partial charge in [0, 0.05) is 11.4 Å². The zero-order valence-electron chi connectivity index (χ0n) is 15.9. The topological polar surface area (TPSA) is 83.6 Å². The maximum atomic E-state index is 11.0. The molecule has 0 saturated heterocycles. The minimum Gasteiger partial charge on any atom is -0.322 e. The molecule has 1 saturated carbocycles. The van der Waals surface area contributed by atoms with E-state index in [2.05, 4.69) is 31.2 Å². The molecule has 0 unspecified atom stereocenters. The maximum absolute atomic E-state index is 11.0. The van der Waals surface area contributed by atoms with Crippen molar-refractivity contribution >= 4 is 7.60 Å². The summed E-state index contributed by atoms with van der Waals surface area (Å²) in [6, 6.07) is 8.86. The fourth-order valence-corrected chi connectivity index (χ4v) is 4.34. The molecule has 1 fully saturated rings. The minimum atomic E-state index is -4.14. The second kappa shape index (κ2) is 9.85. The predicted molar refractivity (Wildman–Crippen MR) is 108 cm³/mol. The van der Waals surface area contributed by atoms with Gasteiger partial charge >= 0.3 is 7.60 Å². The lowest BCUT2D eigenvalue weighted by atomic mass is 9.92. The number of hydrogen-bond acceptors (Lipinski definition) is 2. The van der Waals surface area contributed by atoms with Crippen LogP contribution in [0.5, 0.6) is 0 Å². The minimum absolute atomic E-state index is 0.365. The largest absolute Gasteiger partial charge is 0.348 e. The van der Waals surface area contributed by atoms with Crippen molar-refractivity contribution in [2.75, 3.05) is 0 Å². The first-order chi connectivity index (χ1) is 12.3. The normalized spacial score (nSPS) is 23.8. The molecule has 0 aromatic heterocycles. The van der Waals surface area contributed by atoms with E-state index in [1.54, 1.807) is 0 Å².